The third-order valence-electron chi connectivity index (χ3n) is 5.67. The normalized spacial score (nSPS) is 15.5. The van der Waals surface area contributed by atoms with E-state index in [-0.39, 0.29) is 30.6 Å². The van der Waals surface area contributed by atoms with E-state index in [1.54, 1.807) is 4.90 Å². The van der Waals surface area contributed by atoms with Gasteiger partial charge in [-0.05, 0) is 56.9 Å². The summed E-state index contributed by atoms with van der Waals surface area (Å²) in [6, 6.07) is 11.6. The van der Waals surface area contributed by atoms with Gasteiger partial charge in [-0.3, -0.25) is 4.79 Å². The molecule has 0 saturated heterocycles. The van der Waals surface area contributed by atoms with Crippen molar-refractivity contribution in [1.82, 2.24) is 14.4 Å². The SMILES string of the molecule is CCOc1ccccc1NC(=O)N(CC(=O)N(Cc1cccn1C)C1CC1)C1CC1. The van der Waals surface area contributed by atoms with Crippen molar-refractivity contribution in [2.24, 2.45) is 7.05 Å². The Kier molecular flexibility index (Phi) is 5.97. The largest absolute Gasteiger partial charge is 0.492 e. The van der Waals surface area contributed by atoms with Gasteiger partial charge in [0, 0.05) is 31.0 Å². The summed E-state index contributed by atoms with van der Waals surface area (Å²) >= 11 is 0. The van der Waals surface area contributed by atoms with Gasteiger partial charge in [0.05, 0.1) is 18.8 Å². The van der Waals surface area contributed by atoms with Gasteiger partial charge < -0.3 is 24.4 Å². The molecule has 0 spiro atoms. The van der Waals surface area contributed by atoms with Crippen molar-refractivity contribution < 1.29 is 14.3 Å². The second kappa shape index (κ2) is 8.81. The topological polar surface area (TPSA) is 66.8 Å². The molecule has 0 radical (unpaired) electrons. The summed E-state index contributed by atoms with van der Waals surface area (Å²) < 4.78 is 7.65. The fraction of sp³-hybridized carbons (Fsp3) is 0.478. The molecule has 2 saturated carbocycles. The summed E-state index contributed by atoms with van der Waals surface area (Å²) in [4.78, 5) is 29.9. The number of hydrogen-bond donors (Lipinski definition) is 1. The highest BCUT2D eigenvalue weighted by atomic mass is 16.5. The number of hydrogen-bond acceptors (Lipinski definition) is 3. The molecule has 30 heavy (non-hydrogen) atoms. The first kappa shape index (κ1) is 20.3. The Morgan fingerprint density at radius 1 is 1.07 bits per heavy atom. The van der Waals surface area contributed by atoms with Crippen LogP contribution in [0.4, 0.5) is 10.5 Å². The molecule has 1 aromatic carbocycles. The monoisotopic (exact) mass is 410 g/mol. The molecular weight excluding hydrogens is 380 g/mol. The van der Waals surface area contributed by atoms with Gasteiger partial charge in [-0.15, -0.1) is 0 Å². The lowest BCUT2D eigenvalue weighted by atomic mass is 10.3. The Morgan fingerprint density at radius 3 is 2.40 bits per heavy atom. The minimum Gasteiger partial charge on any atom is -0.492 e. The molecule has 1 N–H and O–H groups in total. The van der Waals surface area contributed by atoms with Crippen LogP contribution in [0.5, 0.6) is 5.75 Å². The molecule has 0 bridgehead atoms. The van der Waals surface area contributed by atoms with Gasteiger partial charge in [-0.2, -0.15) is 0 Å². The first-order chi connectivity index (χ1) is 14.6. The number of carbonyl (C=O) groups excluding carboxylic acids is 2. The molecule has 3 amide bonds. The first-order valence-electron chi connectivity index (χ1n) is 10.8. The Labute approximate surface area is 177 Å². The minimum absolute atomic E-state index is 0.0128. The predicted octanol–water partition coefficient (Wildman–Crippen LogP) is 3.61. The molecule has 1 heterocycles. The van der Waals surface area contributed by atoms with Crippen LogP contribution in [-0.4, -0.2) is 51.5 Å². The molecule has 4 rings (SSSR count). The first-order valence-corrected chi connectivity index (χ1v) is 10.8. The van der Waals surface area contributed by atoms with Crippen molar-refractivity contribution in [3.8, 4) is 5.75 Å². The van der Waals surface area contributed by atoms with Gasteiger partial charge in [0.2, 0.25) is 5.91 Å². The van der Waals surface area contributed by atoms with Crippen molar-refractivity contribution >= 4 is 17.6 Å². The number of urea groups is 1. The molecule has 7 heteroatoms. The molecule has 2 aliphatic carbocycles. The molecule has 2 aliphatic rings. The molecule has 2 fully saturated rings. The van der Waals surface area contributed by atoms with Gasteiger partial charge in [0.25, 0.3) is 0 Å². The van der Waals surface area contributed by atoms with E-state index in [4.69, 9.17) is 4.74 Å². The van der Waals surface area contributed by atoms with Crippen LogP contribution in [0.25, 0.3) is 0 Å². The fourth-order valence-electron chi connectivity index (χ4n) is 3.67. The maximum atomic E-state index is 13.2. The standard InChI is InChI=1S/C23H30N4O3/c1-3-30-21-9-5-4-8-20(21)24-23(29)27(18-12-13-18)16-22(28)26(17-10-11-17)15-19-7-6-14-25(19)2/h4-9,14,17-18H,3,10-13,15-16H2,1-2H3,(H,24,29). The van der Waals surface area contributed by atoms with Gasteiger partial charge >= 0.3 is 6.03 Å². The van der Waals surface area contributed by atoms with E-state index in [1.165, 1.54) is 0 Å². The molecule has 160 valence electrons. The second-order valence-corrected chi connectivity index (χ2v) is 8.08. The summed E-state index contributed by atoms with van der Waals surface area (Å²) in [5.41, 5.74) is 1.73. The summed E-state index contributed by atoms with van der Waals surface area (Å²) in [5.74, 6) is 0.651. The number of benzene rings is 1. The average molecular weight is 411 g/mol. The highest BCUT2D eigenvalue weighted by molar-refractivity contribution is 5.94. The molecule has 0 aliphatic heterocycles. The third-order valence-corrected chi connectivity index (χ3v) is 5.67. The summed E-state index contributed by atoms with van der Waals surface area (Å²) in [5, 5.41) is 2.95. The van der Waals surface area contributed by atoms with E-state index in [1.807, 2.05) is 66.0 Å². The number of ether oxygens (including phenoxy) is 1. The Balaban J connectivity index is 1.44. The van der Waals surface area contributed by atoms with Crippen molar-refractivity contribution in [2.45, 2.75) is 51.2 Å². The third kappa shape index (κ3) is 4.78. The van der Waals surface area contributed by atoms with Crippen LogP contribution in [0.15, 0.2) is 42.6 Å². The number of carbonyl (C=O) groups is 2. The van der Waals surface area contributed by atoms with Crippen LogP contribution in [0.3, 0.4) is 0 Å². The van der Waals surface area contributed by atoms with Crippen LogP contribution in [0.2, 0.25) is 0 Å². The highest BCUT2D eigenvalue weighted by Crippen LogP contribution is 2.32. The average Bonchev–Trinajstić information content (AvgIpc) is 3.65. The quantitative estimate of drug-likeness (QED) is 0.687. The molecule has 0 unspecified atom stereocenters. The summed E-state index contributed by atoms with van der Waals surface area (Å²) in [7, 11) is 1.99. The van der Waals surface area contributed by atoms with Gasteiger partial charge in [0.15, 0.2) is 0 Å². The number of aryl methyl sites for hydroxylation is 1. The van der Waals surface area contributed by atoms with Gasteiger partial charge in [0.1, 0.15) is 12.3 Å². The highest BCUT2D eigenvalue weighted by Gasteiger charge is 2.38. The zero-order valence-electron chi connectivity index (χ0n) is 17.7. The number of nitrogens with zero attached hydrogens (tertiary/aromatic N) is 3. The second-order valence-electron chi connectivity index (χ2n) is 8.08. The maximum absolute atomic E-state index is 13.2. The molecular formula is C23H30N4O3. The fourth-order valence-corrected chi connectivity index (χ4v) is 3.67. The predicted molar refractivity (Wildman–Crippen MR) is 115 cm³/mol. The lowest BCUT2D eigenvalue weighted by molar-refractivity contribution is -0.133. The number of nitrogens with one attached hydrogen (secondary N) is 1. The van der Waals surface area contributed by atoms with Crippen LogP contribution in [0.1, 0.15) is 38.3 Å². The Morgan fingerprint density at radius 2 is 1.77 bits per heavy atom. The molecule has 2 aromatic rings. The minimum atomic E-state index is -0.243. The summed E-state index contributed by atoms with van der Waals surface area (Å²) in [6.45, 7) is 3.12. The smallest absolute Gasteiger partial charge is 0.322 e. The zero-order valence-corrected chi connectivity index (χ0v) is 17.7. The van der Waals surface area contributed by atoms with Crippen molar-refractivity contribution in [3.63, 3.8) is 0 Å². The van der Waals surface area contributed by atoms with Crippen molar-refractivity contribution in [1.29, 1.82) is 0 Å². The van der Waals surface area contributed by atoms with Gasteiger partial charge in [-0.1, -0.05) is 12.1 Å². The Bertz CT molecular complexity index is 901. The lowest BCUT2D eigenvalue weighted by Crippen LogP contribution is -2.46. The summed E-state index contributed by atoms with van der Waals surface area (Å²) in [6.07, 6.45) is 5.94. The molecule has 0 atom stereocenters. The number of para-hydroxylation sites is 2. The van der Waals surface area contributed by atoms with E-state index in [0.29, 0.717) is 24.6 Å². The number of anilines is 1. The lowest BCUT2D eigenvalue weighted by Gasteiger charge is -2.28. The maximum Gasteiger partial charge on any atom is 0.322 e. The van der Waals surface area contributed by atoms with E-state index in [0.717, 1.165) is 31.4 Å². The van der Waals surface area contributed by atoms with Crippen LogP contribution in [-0.2, 0) is 18.4 Å². The number of amides is 3. The molecule has 7 nitrogen and oxygen atoms in total. The van der Waals surface area contributed by atoms with Crippen molar-refractivity contribution in [2.75, 3.05) is 18.5 Å². The van der Waals surface area contributed by atoms with Crippen molar-refractivity contribution in [3.05, 3.63) is 48.3 Å². The Hall–Kier alpha value is -2.96. The molecule has 1 aromatic heterocycles. The van der Waals surface area contributed by atoms with E-state index in [9.17, 15) is 9.59 Å². The zero-order chi connectivity index (χ0) is 21.1. The van der Waals surface area contributed by atoms with E-state index >= 15 is 0 Å². The van der Waals surface area contributed by atoms with E-state index in [2.05, 4.69) is 5.32 Å². The number of rotatable bonds is 9. The van der Waals surface area contributed by atoms with Crippen LogP contribution < -0.4 is 10.1 Å². The van der Waals surface area contributed by atoms with Gasteiger partial charge in [-0.25, -0.2) is 4.79 Å². The number of aromatic nitrogens is 1. The van der Waals surface area contributed by atoms with Crippen LogP contribution in [0, 0.1) is 0 Å². The van der Waals surface area contributed by atoms with Crippen LogP contribution >= 0.6 is 0 Å². The van der Waals surface area contributed by atoms with E-state index < -0.39 is 0 Å².